The standard InChI is InChI=1S/C48H28N4/c1-4-12-37-29(8-1)17-19-33-26-35(22-23-39(33)37)46-50-47(36-20-18-32-16-15-30-9-2-5-13-38(30)42(32)28-36)52-48(51-46)43-27-34-11-7-25-49-45(34)44-40-14-6-3-10-31(40)21-24-41(43)44/h1-28H. The molecule has 2 aromatic heterocycles. The maximum Gasteiger partial charge on any atom is 0.164 e. The van der Waals surface area contributed by atoms with Gasteiger partial charge in [-0.05, 0) is 83.5 Å². The van der Waals surface area contributed by atoms with Gasteiger partial charge in [0.25, 0.3) is 0 Å². The van der Waals surface area contributed by atoms with E-state index < -0.39 is 0 Å². The summed E-state index contributed by atoms with van der Waals surface area (Å²) in [5.41, 5.74) is 3.80. The molecule has 240 valence electrons. The number of benzene rings is 9. The zero-order valence-electron chi connectivity index (χ0n) is 28.0. The monoisotopic (exact) mass is 660 g/mol. The van der Waals surface area contributed by atoms with E-state index in [-0.39, 0.29) is 0 Å². The number of rotatable bonds is 3. The SMILES string of the molecule is c1ccc2c(c1)ccc1cc(-c3nc(-c4ccc5ccc6ccccc6c5c4)nc(-c4cc5cccnc5c5c4ccc4ccccc45)n3)ccc12. The van der Waals surface area contributed by atoms with E-state index in [1.807, 2.05) is 12.3 Å². The Balaban J connectivity index is 1.20. The second kappa shape index (κ2) is 11.2. The number of aromatic nitrogens is 4. The lowest BCUT2D eigenvalue weighted by molar-refractivity contribution is 1.08. The molecule has 52 heavy (non-hydrogen) atoms. The van der Waals surface area contributed by atoms with Gasteiger partial charge < -0.3 is 0 Å². The quantitative estimate of drug-likeness (QED) is 0.177. The first-order valence-electron chi connectivity index (χ1n) is 17.5. The van der Waals surface area contributed by atoms with Gasteiger partial charge in [0, 0.05) is 33.7 Å². The van der Waals surface area contributed by atoms with Gasteiger partial charge in [0.2, 0.25) is 0 Å². The van der Waals surface area contributed by atoms with Crippen LogP contribution in [0.3, 0.4) is 0 Å². The molecule has 0 amide bonds. The van der Waals surface area contributed by atoms with E-state index in [2.05, 4.69) is 158 Å². The molecule has 0 unspecified atom stereocenters. The van der Waals surface area contributed by atoms with Gasteiger partial charge in [-0.25, -0.2) is 15.0 Å². The molecule has 4 heteroatoms. The molecule has 2 heterocycles. The van der Waals surface area contributed by atoms with Crippen LogP contribution in [0.2, 0.25) is 0 Å². The Morgan fingerprint density at radius 2 is 0.808 bits per heavy atom. The highest BCUT2D eigenvalue weighted by Gasteiger charge is 2.18. The molecule has 0 bridgehead atoms. The topological polar surface area (TPSA) is 51.6 Å². The second-order valence-electron chi connectivity index (χ2n) is 13.5. The van der Waals surface area contributed by atoms with Crippen molar-refractivity contribution in [3.05, 3.63) is 170 Å². The van der Waals surface area contributed by atoms with Gasteiger partial charge in [0.15, 0.2) is 17.5 Å². The lowest BCUT2D eigenvalue weighted by Gasteiger charge is -2.14. The second-order valence-corrected chi connectivity index (χ2v) is 13.5. The van der Waals surface area contributed by atoms with Crippen LogP contribution in [-0.4, -0.2) is 19.9 Å². The molecule has 0 saturated heterocycles. The van der Waals surface area contributed by atoms with Crippen LogP contribution in [-0.2, 0) is 0 Å². The minimum absolute atomic E-state index is 0.627. The van der Waals surface area contributed by atoms with E-state index in [0.717, 1.165) is 49.1 Å². The summed E-state index contributed by atoms with van der Waals surface area (Å²) in [5, 5.41) is 15.1. The smallest absolute Gasteiger partial charge is 0.164 e. The van der Waals surface area contributed by atoms with Crippen LogP contribution in [0.5, 0.6) is 0 Å². The summed E-state index contributed by atoms with van der Waals surface area (Å²) >= 11 is 0. The Morgan fingerprint density at radius 1 is 0.308 bits per heavy atom. The Labute approximate surface area is 298 Å². The summed E-state index contributed by atoms with van der Waals surface area (Å²) in [6.07, 6.45) is 1.87. The summed E-state index contributed by atoms with van der Waals surface area (Å²) in [6.45, 7) is 0. The van der Waals surface area contributed by atoms with Crippen LogP contribution in [0.15, 0.2) is 170 Å². The minimum atomic E-state index is 0.627. The number of pyridine rings is 1. The Bertz CT molecular complexity index is 3240. The van der Waals surface area contributed by atoms with Crippen molar-refractivity contribution in [2.45, 2.75) is 0 Å². The minimum Gasteiger partial charge on any atom is -0.256 e. The first-order valence-corrected chi connectivity index (χ1v) is 17.5. The van der Waals surface area contributed by atoms with Crippen molar-refractivity contribution in [1.82, 2.24) is 19.9 Å². The van der Waals surface area contributed by atoms with E-state index in [1.54, 1.807) is 0 Å². The van der Waals surface area contributed by atoms with Gasteiger partial charge in [0.05, 0.1) is 5.52 Å². The fourth-order valence-corrected chi connectivity index (χ4v) is 7.96. The van der Waals surface area contributed by atoms with Gasteiger partial charge in [-0.15, -0.1) is 0 Å². The first kappa shape index (κ1) is 28.8. The Morgan fingerprint density at radius 3 is 1.58 bits per heavy atom. The highest BCUT2D eigenvalue weighted by Crippen LogP contribution is 2.39. The normalized spacial score (nSPS) is 11.8. The maximum atomic E-state index is 5.28. The molecule has 9 aromatic carbocycles. The van der Waals surface area contributed by atoms with Gasteiger partial charge in [-0.2, -0.15) is 0 Å². The number of nitrogens with zero attached hydrogens (tertiary/aromatic N) is 4. The molecule has 0 radical (unpaired) electrons. The van der Waals surface area contributed by atoms with Crippen molar-refractivity contribution in [2.75, 3.05) is 0 Å². The molecule has 0 aliphatic heterocycles. The van der Waals surface area contributed by atoms with Gasteiger partial charge in [0.1, 0.15) is 0 Å². The fourth-order valence-electron chi connectivity index (χ4n) is 7.96. The molecular formula is C48H28N4. The summed E-state index contributed by atoms with van der Waals surface area (Å²) < 4.78 is 0. The number of fused-ring (bicyclic) bond motifs is 11. The summed E-state index contributed by atoms with van der Waals surface area (Å²) in [6, 6.07) is 58.0. The molecule has 0 spiro atoms. The molecule has 0 fully saturated rings. The van der Waals surface area contributed by atoms with Crippen LogP contribution in [0.25, 0.3) is 110 Å². The summed E-state index contributed by atoms with van der Waals surface area (Å²) in [5.74, 6) is 1.89. The van der Waals surface area contributed by atoms with Crippen LogP contribution < -0.4 is 0 Å². The molecule has 11 aromatic rings. The van der Waals surface area contributed by atoms with Crippen LogP contribution in [0.1, 0.15) is 0 Å². The van der Waals surface area contributed by atoms with Gasteiger partial charge in [-0.3, -0.25) is 4.98 Å². The largest absolute Gasteiger partial charge is 0.256 e. The van der Waals surface area contributed by atoms with Crippen LogP contribution in [0.4, 0.5) is 0 Å². The van der Waals surface area contributed by atoms with Gasteiger partial charge >= 0.3 is 0 Å². The van der Waals surface area contributed by atoms with E-state index >= 15 is 0 Å². The third kappa shape index (κ3) is 4.48. The fraction of sp³-hybridized carbons (Fsp3) is 0. The van der Waals surface area contributed by atoms with E-state index in [1.165, 1.54) is 43.1 Å². The molecule has 0 aliphatic carbocycles. The average molecular weight is 661 g/mol. The third-order valence-electron chi connectivity index (χ3n) is 10.5. The van der Waals surface area contributed by atoms with Crippen molar-refractivity contribution in [3.63, 3.8) is 0 Å². The summed E-state index contributed by atoms with van der Waals surface area (Å²) in [4.78, 5) is 20.6. The van der Waals surface area contributed by atoms with Crippen LogP contribution >= 0.6 is 0 Å². The number of hydrogen-bond donors (Lipinski definition) is 0. The predicted octanol–water partition coefficient (Wildman–Crippen LogP) is 12.3. The zero-order chi connectivity index (χ0) is 34.2. The van der Waals surface area contributed by atoms with E-state index in [9.17, 15) is 0 Å². The highest BCUT2D eigenvalue weighted by molar-refractivity contribution is 6.22. The Hall–Kier alpha value is -7.04. The van der Waals surface area contributed by atoms with Crippen molar-refractivity contribution in [3.8, 4) is 34.2 Å². The lowest BCUT2D eigenvalue weighted by atomic mass is 9.95. The molecule has 0 N–H and O–H groups in total. The molecule has 0 atom stereocenters. The van der Waals surface area contributed by atoms with Crippen molar-refractivity contribution in [2.24, 2.45) is 0 Å². The maximum absolute atomic E-state index is 5.28. The van der Waals surface area contributed by atoms with Crippen molar-refractivity contribution < 1.29 is 0 Å². The van der Waals surface area contributed by atoms with Crippen LogP contribution in [0, 0.1) is 0 Å². The zero-order valence-corrected chi connectivity index (χ0v) is 28.0. The number of hydrogen-bond acceptors (Lipinski definition) is 4. The van der Waals surface area contributed by atoms with E-state index in [4.69, 9.17) is 19.9 Å². The molecule has 11 rings (SSSR count). The molecule has 4 nitrogen and oxygen atoms in total. The molecule has 0 aliphatic rings. The first-order chi connectivity index (χ1) is 25.7. The third-order valence-corrected chi connectivity index (χ3v) is 10.5. The lowest BCUT2D eigenvalue weighted by Crippen LogP contribution is -2.01. The average Bonchev–Trinajstić information content (AvgIpc) is 3.22. The predicted molar refractivity (Wildman–Crippen MR) is 216 cm³/mol. The molecular weight excluding hydrogens is 633 g/mol. The van der Waals surface area contributed by atoms with E-state index in [0.29, 0.717) is 17.5 Å². The molecule has 0 saturated carbocycles. The van der Waals surface area contributed by atoms with Crippen molar-refractivity contribution >= 4 is 75.5 Å². The highest BCUT2D eigenvalue weighted by atomic mass is 15.0. The van der Waals surface area contributed by atoms with Crippen molar-refractivity contribution in [1.29, 1.82) is 0 Å². The summed E-state index contributed by atoms with van der Waals surface area (Å²) in [7, 11) is 0. The Kier molecular flexibility index (Phi) is 6.22. The van der Waals surface area contributed by atoms with Gasteiger partial charge in [-0.1, -0.05) is 140 Å².